The molecule has 5 nitrogen and oxygen atoms in total. The van der Waals surface area contributed by atoms with Crippen LogP contribution in [0.25, 0.3) is 0 Å². The second kappa shape index (κ2) is 8.52. The first-order valence-electron chi connectivity index (χ1n) is 9.48. The number of amides is 2. The zero-order chi connectivity index (χ0) is 20.3. The average molecular weight is 383 g/mol. The molecule has 1 aliphatic heterocycles. The van der Waals surface area contributed by atoms with E-state index in [-0.39, 0.29) is 24.2 Å². The highest BCUT2D eigenvalue weighted by atomic mass is 19.1. The molecule has 148 valence electrons. The van der Waals surface area contributed by atoms with E-state index < -0.39 is 0 Å². The lowest BCUT2D eigenvalue weighted by Crippen LogP contribution is -2.50. The molecule has 0 aliphatic carbocycles. The minimum absolute atomic E-state index is 0.0627. The van der Waals surface area contributed by atoms with Crippen LogP contribution in [0.2, 0.25) is 0 Å². The molecule has 0 spiro atoms. The van der Waals surface area contributed by atoms with Crippen LogP contribution in [-0.2, 0) is 4.79 Å². The fourth-order valence-corrected chi connectivity index (χ4v) is 3.36. The number of halogens is 1. The molecule has 1 heterocycles. The Morgan fingerprint density at radius 3 is 2.32 bits per heavy atom. The summed E-state index contributed by atoms with van der Waals surface area (Å²) in [4.78, 5) is 28.6. The predicted molar refractivity (Wildman–Crippen MR) is 108 cm³/mol. The number of anilines is 1. The molecule has 1 aliphatic rings. The van der Waals surface area contributed by atoms with Gasteiger partial charge in [-0.1, -0.05) is 23.8 Å². The van der Waals surface area contributed by atoms with Crippen LogP contribution in [0.4, 0.5) is 10.1 Å². The largest absolute Gasteiger partial charge is 0.336 e. The van der Waals surface area contributed by atoms with Gasteiger partial charge in [-0.15, -0.1) is 0 Å². The van der Waals surface area contributed by atoms with Crippen molar-refractivity contribution in [1.82, 2.24) is 9.80 Å². The predicted octanol–water partition coefficient (Wildman–Crippen LogP) is 3.15. The van der Waals surface area contributed by atoms with Crippen molar-refractivity contribution >= 4 is 17.5 Å². The van der Waals surface area contributed by atoms with E-state index in [1.807, 2.05) is 36.9 Å². The normalized spacial score (nSPS) is 14.8. The van der Waals surface area contributed by atoms with E-state index in [1.165, 1.54) is 6.07 Å². The second-order valence-corrected chi connectivity index (χ2v) is 7.40. The van der Waals surface area contributed by atoms with Crippen molar-refractivity contribution in [1.29, 1.82) is 0 Å². The zero-order valence-corrected chi connectivity index (χ0v) is 16.6. The number of hydrogen-bond acceptors (Lipinski definition) is 3. The van der Waals surface area contributed by atoms with E-state index in [4.69, 9.17) is 0 Å². The van der Waals surface area contributed by atoms with Crippen molar-refractivity contribution in [2.24, 2.45) is 0 Å². The molecule has 0 atom stereocenters. The van der Waals surface area contributed by atoms with Crippen LogP contribution in [0.3, 0.4) is 0 Å². The van der Waals surface area contributed by atoms with Crippen LogP contribution in [-0.4, -0.2) is 54.3 Å². The number of nitrogens with zero attached hydrogens (tertiary/aromatic N) is 2. The highest BCUT2D eigenvalue weighted by Crippen LogP contribution is 2.16. The summed E-state index contributed by atoms with van der Waals surface area (Å²) in [6, 6.07) is 10.5. The third-order valence-corrected chi connectivity index (χ3v) is 5.10. The Morgan fingerprint density at radius 1 is 0.964 bits per heavy atom. The van der Waals surface area contributed by atoms with Crippen LogP contribution in [0, 0.1) is 26.6 Å². The van der Waals surface area contributed by atoms with E-state index in [0.717, 1.165) is 16.8 Å². The molecule has 0 bridgehead atoms. The van der Waals surface area contributed by atoms with Crippen molar-refractivity contribution in [3.63, 3.8) is 0 Å². The zero-order valence-electron chi connectivity index (χ0n) is 16.6. The van der Waals surface area contributed by atoms with Gasteiger partial charge in [-0.2, -0.15) is 0 Å². The standard InChI is InChI=1S/C22H26FN3O2/c1-15-4-7-20(17(3)12-15)24-21(27)14-25-8-10-26(11-9-25)22(28)18-6-5-16(2)19(23)13-18/h4-7,12-13H,8-11,14H2,1-3H3,(H,24,27). The maximum absolute atomic E-state index is 13.7. The van der Waals surface area contributed by atoms with Gasteiger partial charge in [-0.05, 0) is 50.1 Å². The lowest BCUT2D eigenvalue weighted by Gasteiger charge is -2.34. The Balaban J connectivity index is 1.51. The number of rotatable bonds is 4. The number of benzene rings is 2. The highest BCUT2D eigenvalue weighted by Gasteiger charge is 2.23. The minimum atomic E-state index is -0.368. The number of piperazine rings is 1. The Hall–Kier alpha value is -2.73. The van der Waals surface area contributed by atoms with Gasteiger partial charge in [0, 0.05) is 37.4 Å². The van der Waals surface area contributed by atoms with Crippen molar-refractivity contribution < 1.29 is 14.0 Å². The summed E-state index contributed by atoms with van der Waals surface area (Å²) in [6.45, 7) is 8.21. The SMILES string of the molecule is Cc1ccc(NC(=O)CN2CCN(C(=O)c3ccc(C)c(F)c3)CC2)c(C)c1. The molecule has 0 unspecified atom stereocenters. The lowest BCUT2D eigenvalue weighted by atomic mass is 10.1. The molecular weight excluding hydrogens is 357 g/mol. The van der Waals surface area contributed by atoms with E-state index in [9.17, 15) is 14.0 Å². The number of aryl methyl sites for hydroxylation is 3. The summed E-state index contributed by atoms with van der Waals surface area (Å²) in [5.74, 6) is -0.599. The summed E-state index contributed by atoms with van der Waals surface area (Å²) < 4.78 is 13.7. The highest BCUT2D eigenvalue weighted by molar-refractivity contribution is 5.94. The molecule has 1 saturated heterocycles. The first-order valence-corrected chi connectivity index (χ1v) is 9.48. The molecule has 2 aromatic carbocycles. The molecule has 28 heavy (non-hydrogen) atoms. The number of carbonyl (C=O) groups is 2. The van der Waals surface area contributed by atoms with Gasteiger partial charge in [0.2, 0.25) is 5.91 Å². The number of nitrogens with one attached hydrogen (secondary N) is 1. The topological polar surface area (TPSA) is 52.7 Å². The molecule has 2 aromatic rings. The summed E-state index contributed by atoms with van der Waals surface area (Å²) in [5.41, 5.74) is 3.91. The molecule has 3 rings (SSSR count). The van der Waals surface area contributed by atoms with Crippen molar-refractivity contribution in [3.05, 3.63) is 64.5 Å². The van der Waals surface area contributed by atoms with E-state index in [1.54, 1.807) is 24.0 Å². The quantitative estimate of drug-likeness (QED) is 0.883. The molecule has 0 saturated carbocycles. The molecule has 0 aromatic heterocycles. The maximum Gasteiger partial charge on any atom is 0.254 e. The Labute approximate surface area is 165 Å². The maximum atomic E-state index is 13.7. The second-order valence-electron chi connectivity index (χ2n) is 7.40. The van der Waals surface area contributed by atoms with Crippen LogP contribution in [0.15, 0.2) is 36.4 Å². The van der Waals surface area contributed by atoms with Crippen LogP contribution in [0.1, 0.15) is 27.0 Å². The average Bonchev–Trinajstić information content (AvgIpc) is 2.66. The lowest BCUT2D eigenvalue weighted by molar-refractivity contribution is -0.117. The third-order valence-electron chi connectivity index (χ3n) is 5.10. The van der Waals surface area contributed by atoms with Gasteiger partial charge in [0.1, 0.15) is 5.82 Å². The fraction of sp³-hybridized carbons (Fsp3) is 0.364. The van der Waals surface area contributed by atoms with Crippen molar-refractivity contribution in [2.75, 3.05) is 38.0 Å². The van der Waals surface area contributed by atoms with Gasteiger partial charge in [0.25, 0.3) is 5.91 Å². The van der Waals surface area contributed by atoms with Crippen LogP contribution in [0.5, 0.6) is 0 Å². The minimum Gasteiger partial charge on any atom is -0.336 e. The molecule has 1 N–H and O–H groups in total. The molecule has 2 amide bonds. The monoisotopic (exact) mass is 383 g/mol. The first kappa shape index (κ1) is 20.0. The van der Waals surface area contributed by atoms with Gasteiger partial charge >= 0.3 is 0 Å². The van der Waals surface area contributed by atoms with Gasteiger partial charge in [-0.25, -0.2) is 4.39 Å². The number of carbonyl (C=O) groups excluding carboxylic acids is 2. The fourth-order valence-electron chi connectivity index (χ4n) is 3.36. The van der Waals surface area contributed by atoms with Gasteiger partial charge in [0.05, 0.1) is 6.54 Å². The number of hydrogen-bond donors (Lipinski definition) is 1. The summed E-state index contributed by atoms with van der Waals surface area (Å²) >= 11 is 0. The van der Waals surface area contributed by atoms with Crippen molar-refractivity contribution in [3.8, 4) is 0 Å². The van der Waals surface area contributed by atoms with Gasteiger partial charge < -0.3 is 10.2 Å². The smallest absolute Gasteiger partial charge is 0.254 e. The molecule has 6 heteroatoms. The Morgan fingerprint density at radius 2 is 1.68 bits per heavy atom. The molecule has 1 fully saturated rings. The van der Waals surface area contributed by atoms with Gasteiger partial charge in [-0.3, -0.25) is 14.5 Å². The summed E-state index contributed by atoms with van der Waals surface area (Å²) in [6.07, 6.45) is 0. The summed E-state index contributed by atoms with van der Waals surface area (Å²) in [5, 5.41) is 2.95. The van der Waals surface area contributed by atoms with Gasteiger partial charge in [0.15, 0.2) is 0 Å². The van der Waals surface area contributed by atoms with Crippen molar-refractivity contribution in [2.45, 2.75) is 20.8 Å². The van der Waals surface area contributed by atoms with Crippen LogP contribution >= 0.6 is 0 Å². The van der Waals surface area contributed by atoms with E-state index >= 15 is 0 Å². The molecule has 0 radical (unpaired) electrons. The Kier molecular flexibility index (Phi) is 6.09. The van der Waals surface area contributed by atoms with E-state index in [2.05, 4.69) is 5.32 Å². The first-order chi connectivity index (χ1) is 13.3. The summed E-state index contributed by atoms with van der Waals surface area (Å²) in [7, 11) is 0. The van der Waals surface area contributed by atoms with Crippen LogP contribution < -0.4 is 5.32 Å². The molecular formula is C22H26FN3O2. The third kappa shape index (κ3) is 4.75. The van der Waals surface area contributed by atoms with E-state index in [0.29, 0.717) is 37.3 Å². The Bertz CT molecular complexity index is 889.